The summed E-state index contributed by atoms with van der Waals surface area (Å²) in [5.41, 5.74) is 3.11. The summed E-state index contributed by atoms with van der Waals surface area (Å²) in [5.74, 6) is 1.10. The Bertz CT molecular complexity index is 1690. The van der Waals surface area contributed by atoms with Crippen molar-refractivity contribution >= 4 is 28.9 Å². The summed E-state index contributed by atoms with van der Waals surface area (Å²) in [6.07, 6.45) is 3.23. The molecule has 9 heteroatoms. The highest BCUT2D eigenvalue weighted by molar-refractivity contribution is 6.15. The summed E-state index contributed by atoms with van der Waals surface area (Å²) >= 11 is 0. The number of rotatable bonds is 6. The molecule has 2 aliphatic rings. The quantitative estimate of drug-likeness (QED) is 0.264. The van der Waals surface area contributed by atoms with E-state index in [1.54, 1.807) is 17.0 Å². The number of benzene rings is 3. The minimum atomic E-state index is -0.551. The Morgan fingerprint density at radius 1 is 1.02 bits per heavy atom. The van der Waals surface area contributed by atoms with Crippen LogP contribution in [0, 0.1) is 0 Å². The molecule has 3 aromatic carbocycles. The van der Waals surface area contributed by atoms with Gasteiger partial charge < -0.3 is 29.2 Å². The number of nitrogens with one attached hydrogen (secondary N) is 1. The zero-order valence-electron chi connectivity index (χ0n) is 24.6. The second-order valence-electron chi connectivity index (χ2n) is 11.8. The first kappa shape index (κ1) is 28.4. The SMILES string of the molecule is CC(C)(C)OC(=O)N1CCN(Cc2c(O)ccc3c2OC(=Cc2c[nH]c4c(OCc5ccccc5)cccc24)C3=O)CC1. The van der Waals surface area contributed by atoms with Gasteiger partial charge in [-0.05, 0) is 50.6 Å². The lowest BCUT2D eigenvalue weighted by Crippen LogP contribution is -2.49. The number of allylic oxidation sites excluding steroid dienone is 1. The number of Topliss-reactive ketones (excluding diaryl/α,β-unsaturated/α-hetero) is 1. The minimum Gasteiger partial charge on any atom is -0.507 e. The van der Waals surface area contributed by atoms with E-state index < -0.39 is 5.60 Å². The molecule has 3 heterocycles. The van der Waals surface area contributed by atoms with Gasteiger partial charge in [-0.1, -0.05) is 42.5 Å². The number of fused-ring (bicyclic) bond motifs is 2. The summed E-state index contributed by atoms with van der Waals surface area (Å²) < 4.78 is 17.7. The lowest BCUT2D eigenvalue weighted by Gasteiger charge is -2.35. The second-order valence-corrected chi connectivity index (χ2v) is 11.8. The topological polar surface area (TPSA) is 104 Å². The summed E-state index contributed by atoms with van der Waals surface area (Å²) in [5, 5.41) is 11.7. The second kappa shape index (κ2) is 11.5. The fourth-order valence-corrected chi connectivity index (χ4v) is 5.35. The molecule has 222 valence electrons. The number of carbonyl (C=O) groups excluding carboxylic acids is 2. The number of ether oxygens (including phenoxy) is 3. The van der Waals surface area contributed by atoms with Crippen LogP contribution in [-0.2, 0) is 17.9 Å². The van der Waals surface area contributed by atoms with Crippen molar-refractivity contribution in [3.63, 3.8) is 0 Å². The van der Waals surface area contributed by atoms with Crippen LogP contribution in [0.3, 0.4) is 0 Å². The molecule has 9 nitrogen and oxygen atoms in total. The van der Waals surface area contributed by atoms with Crippen molar-refractivity contribution in [1.82, 2.24) is 14.8 Å². The lowest BCUT2D eigenvalue weighted by molar-refractivity contribution is 0.0137. The number of hydrogen-bond donors (Lipinski definition) is 2. The monoisotopic (exact) mass is 581 g/mol. The molecule has 1 fully saturated rings. The molecular weight excluding hydrogens is 546 g/mol. The molecular formula is C34H35N3O6. The van der Waals surface area contributed by atoms with E-state index in [2.05, 4.69) is 9.88 Å². The molecule has 2 N–H and O–H groups in total. The third-order valence-electron chi connectivity index (χ3n) is 7.55. The fourth-order valence-electron chi connectivity index (χ4n) is 5.35. The predicted molar refractivity (Wildman–Crippen MR) is 163 cm³/mol. The molecule has 4 aromatic rings. The van der Waals surface area contributed by atoms with Crippen LogP contribution < -0.4 is 9.47 Å². The number of carbonyl (C=O) groups is 2. The van der Waals surface area contributed by atoms with E-state index in [-0.39, 0.29) is 23.4 Å². The normalized spacial score (nSPS) is 16.4. The number of aromatic nitrogens is 1. The van der Waals surface area contributed by atoms with Crippen LogP contribution in [-0.4, -0.2) is 63.5 Å². The molecule has 6 rings (SSSR count). The van der Waals surface area contributed by atoms with Gasteiger partial charge in [-0.3, -0.25) is 9.69 Å². The van der Waals surface area contributed by atoms with Gasteiger partial charge in [0.25, 0.3) is 0 Å². The highest BCUT2D eigenvalue weighted by Gasteiger charge is 2.33. The molecule has 0 radical (unpaired) electrons. The van der Waals surface area contributed by atoms with Gasteiger partial charge in [-0.15, -0.1) is 0 Å². The van der Waals surface area contributed by atoms with Crippen molar-refractivity contribution in [3.8, 4) is 17.2 Å². The summed E-state index contributed by atoms with van der Waals surface area (Å²) in [6.45, 7) is 8.58. The van der Waals surface area contributed by atoms with Gasteiger partial charge in [0, 0.05) is 49.9 Å². The van der Waals surface area contributed by atoms with E-state index in [9.17, 15) is 14.7 Å². The Balaban J connectivity index is 1.18. The average molecular weight is 582 g/mol. The van der Waals surface area contributed by atoms with Crippen LogP contribution in [0.4, 0.5) is 4.79 Å². The van der Waals surface area contributed by atoms with Crippen molar-refractivity contribution in [2.24, 2.45) is 0 Å². The Labute approximate surface area is 250 Å². The molecule has 0 atom stereocenters. The van der Waals surface area contributed by atoms with Crippen molar-refractivity contribution in [2.75, 3.05) is 26.2 Å². The largest absolute Gasteiger partial charge is 0.507 e. The number of nitrogens with zero attached hydrogens (tertiary/aromatic N) is 2. The van der Waals surface area contributed by atoms with Crippen LogP contribution >= 0.6 is 0 Å². The van der Waals surface area contributed by atoms with Gasteiger partial charge in [0.2, 0.25) is 5.78 Å². The van der Waals surface area contributed by atoms with E-state index in [4.69, 9.17) is 14.2 Å². The first-order valence-corrected chi connectivity index (χ1v) is 14.4. The van der Waals surface area contributed by atoms with E-state index in [1.165, 1.54) is 6.07 Å². The van der Waals surface area contributed by atoms with Crippen molar-refractivity contribution in [3.05, 3.63) is 94.9 Å². The molecule has 0 aliphatic carbocycles. The maximum Gasteiger partial charge on any atom is 0.410 e. The molecule has 0 bridgehead atoms. The van der Waals surface area contributed by atoms with Gasteiger partial charge in [-0.25, -0.2) is 4.79 Å². The Hall–Kier alpha value is -4.76. The van der Waals surface area contributed by atoms with Gasteiger partial charge >= 0.3 is 6.09 Å². The Morgan fingerprint density at radius 3 is 2.53 bits per heavy atom. The predicted octanol–water partition coefficient (Wildman–Crippen LogP) is 6.12. The molecule has 43 heavy (non-hydrogen) atoms. The minimum absolute atomic E-state index is 0.0645. The Kier molecular flexibility index (Phi) is 7.58. The number of aromatic amines is 1. The number of H-pyrrole nitrogens is 1. The molecule has 1 amide bonds. The molecule has 1 saturated heterocycles. The highest BCUT2D eigenvalue weighted by Crippen LogP contribution is 2.41. The molecule has 1 aromatic heterocycles. The molecule has 2 aliphatic heterocycles. The van der Waals surface area contributed by atoms with Crippen LogP contribution in [0.5, 0.6) is 17.2 Å². The van der Waals surface area contributed by atoms with Crippen molar-refractivity contribution in [1.29, 1.82) is 0 Å². The number of phenolic OH excluding ortho intramolecular Hbond substituents is 1. The van der Waals surface area contributed by atoms with Crippen LogP contribution in [0.15, 0.2) is 72.6 Å². The standard InChI is InChI=1S/C34H35N3O6/c1-34(2,3)43-33(40)37-16-14-36(15-17-37)20-26-27(38)13-12-25-31(39)29(42-32(25)26)18-23-19-35-30-24(23)10-7-11-28(30)41-21-22-8-5-4-6-9-22/h4-13,18-19,35,38H,14-17,20-21H2,1-3H3. The maximum atomic E-state index is 13.4. The first-order chi connectivity index (χ1) is 20.7. The van der Waals surface area contributed by atoms with Crippen molar-refractivity contribution < 1.29 is 28.9 Å². The first-order valence-electron chi connectivity index (χ1n) is 14.4. The van der Waals surface area contributed by atoms with Gasteiger partial charge in [0.1, 0.15) is 29.5 Å². The fraction of sp³-hybridized carbons (Fsp3) is 0.294. The van der Waals surface area contributed by atoms with Crippen molar-refractivity contribution in [2.45, 2.75) is 39.5 Å². The maximum absolute atomic E-state index is 13.4. The number of hydrogen-bond acceptors (Lipinski definition) is 7. The van der Waals surface area contributed by atoms with E-state index in [0.717, 1.165) is 22.0 Å². The van der Waals surface area contributed by atoms with Crippen LogP contribution in [0.25, 0.3) is 17.0 Å². The zero-order valence-corrected chi connectivity index (χ0v) is 24.6. The lowest BCUT2D eigenvalue weighted by atomic mass is 10.0. The molecule has 0 saturated carbocycles. The number of amides is 1. The number of phenols is 1. The summed E-state index contributed by atoms with van der Waals surface area (Å²) in [6, 6.07) is 18.9. The van der Waals surface area contributed by atoms with E-state index in [1.807, 2.05) is 75.5 Å². The number of aromatic hydroxyl groups is 1. The Morgan fingerprint density at radius 2 is 1.79 bits per heavy atom. The van der Waals surface area contributed by atoms with Crippen LogP contribution in [0.2, 0.25) is 0 Å². The molecule has 0 unspecified atom stereocenters. The molecule has 0 spiro atoms. The third kappa shape index (κ3) is 6.08. The highest BCUT2D eigenvalue weighted by atomic mass is 16.6. The van der Waals surface area contributed by atoms with Crippen LogP contribution in [0.1, 0.15) is 47.8 Å². The summed E-state index contributed by atoms with van der Waals surface area (Å²) in [7, 11) is 0. The van der Waals surface area contributed by atoms with Gasteiger partial charge in [0.15, 0.2) is 5.76 Å². The number of para-hydroxylation sites is 1. The summed E-state index contributed by atoms with van der Waals surface area (Å²) in [4.78, 5) is 32.9. The van der Waals surface area contributed by atoms with E-state index >= 15 is 0 Å². The van der Waals surface area contributed by atoms with E-state index in [0.29, 0.717) is 62.0 Å². The number of piperazine rings is 1. The van der Waals surface area contributed by atoms with Gasteiger partial charge in [0.05, 0.1) is 16.6 Å². The smallest absolute Gasteiger partial charge is 0.410 e. The average Bonchev–Trinajstić information content (AvgIpc) is 3.54. The zero-order chi connectivity index (χ0) is 30.1. The third-order valence-corrected chi connectivity index (χ3v) is 7.55. The number of ketones is 1. The van der Waals surface area contributed by atoms with Gasteiger partial charge in [-0.2, -0.15) is 0 Å².